The Hall–Kier alpha value is -1.45. The second kappa shape index (κ2) is 4.82. The van der Waals surface area contributed by atoms with Gasteiger partial charge in [0.05, 0.1) is 16.3 Å². The van der Waals surface area contributed by atoms with E-state index in [1.165, 1.54) is 18.4 Å². The van der Waals surface area contributed by atoms with E-state index < -0.39 is 0 Å². The van der Waals surface area contributed by atoms with Gasteiger partial charge in [-0.3, -0.25) is 4.79 Å². The molecule has 1 heterocycles. The molecule has 0 saturated carbocycles. The number of carbonyl (C=O) groups excluding carboxylic acids is 1. The van der Waals surface area contributed by atoms with E-state index in [0.717, 1.165) is 0 Å². The fourth-order valence-electron chi connectivity index (χ4n) is 1.43. The molecule has 0 atom stereocenters. The molecule has 5 heteroatoms. The Morgan fingerprint density at radius 2 is 1.94 bits per heavy atom. The van der Waals surface area contributed by atoms with Gasteiger partial charge in [-0.25, -0.2) is 0 Å². The van der Waals surface area contributed by atoms with Gasteiger partial charge >= 0.3 is 0 Å². The van der Waals surface area contributed by atoms with Crippen LogP contribution in [-0.4, -0.2) is 10.9 Å². The number of carbonyl (C=O) groups is 1. The zero-order chi connectivity index (χ0) is 12.4. The minimum absolute atomic E-state index is 0.118. The van der Waals surface area contributed by atoms with Crippen LogP contribution in [0.25, 0.3) is 0 Å². The van der Waals surface area contributed by atoms with E-state index in [1.807, 2.05) is 0 Å². The number of hydrogen-bond acceptors (Lipinski definition) is 3. The summed E-state index contributed by atoms with van der Waals surface area (Å²) < 4.78 is 4.99. The molecule has 0 aliphatic carbocycles. The molecule has 0 radical (unpaired) electrons. The standard InChI is InChI=1S/C12H8Cl2O3/c13-8-4-7(5-9(14)12(8)16)6-10(15)11-2-1-3-17-11/h1-5,16H,6H2. The first-order chi connectivity index (χ1) is 8.08. The highest BCUT2D eigenvalue weighted by Crippen LogP contribution is 2.33. The number of benzene rings is 1. The highest BCUT2D eigenvalue weighted by Gasteiger charge is 2.12. The second-order valence-corrected chi connectivity index (χ2v) is 4.30. The van der Waals surface area contributed by atoms with Crippen LogP contribution in [0.4, 0.5) is 0 Å². The number of ketones is 1. The Balaban J connectivity index is 2.22. The monoisotopic (exact) mass is 270 g/mol. The van der Waals surface area contributed by atoms with Crippen LogP contribution in [0.3, 0.4) is 0 Å². The van der Waals surface area contributed by atoms with E-state index in [9.17, 15) is 9.90 Å². The molecule has 0 saturated heterocycles. The van der Waals surface area contributed by atoms with Crippen molar-refractivity contribution in [2.75, 3.05) is 0 Å². The molecule has 0 aliphatic rings. The summed E-state index contributed by atoms with van der Waals surface area (Å²) in [5, 5.41) is 9.63. The Kier molecular flexibility index (Phi) is 3.41. The molecule has 88 valence electrons. The SMILES string of the molecule is O=C(Cc1cc(Cl)c(O)c(Cl)c1)c1ccco1. The third-order valence-corrected chi connectivity index (χ3v) is 2.81. The van der Waals surface area contributed by atoms with Crippen molar-refractivity contribution in [1.82, 2.24) is 0 Å². The molecule has 0 spiro atoms. The molecular formula is C12H8Cl2O3. The maximum absolute atomic E-state index is 11.7. The number of phenolic OH excluding ortho intramolecular Hbond substituents is 1. The third kappa shape index (κ3) is 2.62. The van der Waals surface area contributed by atoms with Gasteiger partial charge in [0, 0.05) is 6.42 Å². The van der Waals surface area contributed by atoms with Crippen molar-refractivity contribution in [1.29, 1.82) is 0 Å². The number of aromatic hydroxyl groups is 1. The molecule has 3 nitrogen and oxygen atoms in total. The average Bonchev–Trinajstić information content (AvgIpc) is 2.79. The summed E-state index contributed by atoms with van der Waals surface area (Å²) in [5.74, 6) is -0.0688. The lowest BCUT2D eigenvalue weighted by Crippen LogP contribution is -2.02. The first kappa shape index (κ1) is 12.0. The fourth-order valence-corrected chi connectivity index (χ4v) is 1.96. The maximum Gasteiger partial charge on any atom is 0.202 e. The molecule has 0 amide bonds. The molecular weight excluding hydrogens is 263 g/mol. The minimum atomic E-state index is -0.178. The predicted octanol–water partition coefficient (Wildman–Crippen LogP) is 3.72. The fraction of sp³-hybridized carbons (Fsp3) is 0.0833. The second-order valence-electron chi connectivity index (χ2n) is 3.49. The van der Waals surface area contributed by atoms with Crippen LogP contribution in [0.1, 0.15) is 16.1 Å². The molecule has 17 heavy (non-hydrogen) atoms. The van der Waals surface area contributed by atoms with Crippen LogP contribution in [0.5, 0.6) is 5.75 Å². The number of furan rings is 1. The van der Waals surface area contributed by atoms with Crippen molar-refractivity contribution < 1.29 is 14.3 Å². The van der Waals surface area contributed by atoms with Gasteiger partial charge in [-0.05, 0) is 29.8 Å². The van der Waals surface area contributed by atoms with Crippen LogP contribution < -0.4 is 0 Å². The molecule has 1 aromatic carbocycles. The predicted molar refractivity (Wildman–Crippen MR) is 64.9 cm³/mol. The van der Waals surface area contributed by atoms with E-state index >= 15 is 0 Å². The zero-order valence-corrected chi connectivity index (χ0v) is 10.1. The molecule has 1 N–H and O–H groups in total. The topological polar surface area (TPSA) is 50.4 Å². The normalized spacial score (nSPS) is 10.5. The van der Waals surface area contributed by atoms with E-state index in [1.54, 1.807) is 12.1 Å². The Morgan fingerprint density at radius 3 is 2.47 bits per heavy atom. The molecule has 2 aromatic rings. The lowest BCUT2D eigenvalue weighted by molar-refractivity contribution is 0.0966. The first-order valence-electron chi connectivity index (χ1n) is 4.81. The number of halogens is 2. The first-order valence-corrected chi connectivity index (χ1v) is 5.57. The van der Waals surface area contributed by atoms with Gasteiger partial charge in [0.25, 0.3) is 0 Å². The van der Waals surface area contributed by atoms with E-state index in [0.29, 0.717) is 5.56 Å². The summed E-state index contributed by atoms with van der Waals surface area (Å²) in [6, 6.07) is 6.24. The van der Waals surface area contributed by atoms with Gasteiger partial charge in [0.2, 0.25) is 5.78 Å². The third-order valence-electron chi connectivity index (χ3n) is 2.24. The van der Waals surface area contributed by atoms with Gasteiger partial charge in [0.1, 0.15) is 0 Å². The molecule has 0 fully saturated rings. The number of rotatable bonds is 3. The van der Waals surface area contributed by atoms with Crippen molar-refractivity contribution >= 4 is 29.0 Å². The highest BCUT2D eigenvalue weighted by molar-refractivity contribution is 6.37. The maximum atomic E-state index is 11.7. The Labute approximate surface area is 108 Å². The lowest BCUT2D eigenvalue weighted by Gasteiger charge is -2.04. The van der Waals surface area contributed by atoms with Crippen molar-refractivity contribution in [2.45, 2.75) is 6.42 Å². The van der Waals surface area contributed by atoms with Gasteiger partial charge in [-0.15, -0.1) is 0 Å². The van der Waals surface area contributed by atoms with Crippen molar-refractivity contribution in [2.24, 2.45) is 0 Å². The van der Waals surface area contributed by atoms with Crippen molar-refractivity contribution in [3.05, 3.63) is 51.9 Å². The molecule has 0 aliphatic heterocycles. The summed E-state index contributed by atoms with van der Waals surface area (Å²) in [4.78, 5) is 11.7. The quantitative estimate of drug-likeness (QED) is 0.865. The largest absolute Gasteiger partial charge is 0.505 e. The lowest BCUT2D eigenvalue weighted by atomic mass is 10.1. The van der Waals surface area contributed by atoms with Crippen molar-refractivity contribution in [3.8, 4) is 5.75 Å². The van der Waals surface area contributed by atoms with Crippen LogP contribution >= 0.6 is 23.2 Å². The van der Waals surface area contributed by atoms with Crippen LogP contribution in [0, 0.1) is 0 Å². The summed E-state index contributed by atoms with van der Waals surface area (Å²) in [5.41, 5.74) is 0.624. The Morgan fingerprint density at radius 1 is 1.29 bits per heavy atom. The summed E-state index contributed by atoms with van der Waals surface area (Å²) in [7, 11) is 0. The summed E-state index contributed by atoms with van der Waals surface area (Å²) in [6.45, 7) is 0. The average molecular weight is 271 g/mol. The van der Waals surface area contributed by atoms with Crippen LogP contribution in [0.15, 0.2) is 34.9 Å². The number of phenols is 1. The van der Waals surface area contributed by atoms with Crippen LogP contribution in [-0.2, 0) is 6.42 Å². The van der Waals surface area contributed by atoms with Gasteiger partial charge in [0.15, 0.2) is 11.5 Å². The number of Topliss-reactive ketones (excluding diaryl/α,β-unsaturated/α-hetero) is 1. The van der Waals surface area contributed by atoms with Crippen LogP contribution in [0.2, 0.25) is 10.0 Å². The minimum Gasteiger partial charge on any atom is -0.505 e. The number of hydrogen-bond donors (Lipinski definition) is 1. The van der Waals surface area contributed by atoms with Gasteiger partial charge in [-0.1, -0.05) is 23.2 Å². The molecule has 1 aromatic heterocycles. The van der Waals surface area contributed by atoms with E-state index in [2.05, 4.69) is 0 Å². The van der Waals surface area contributed by atoms with Crippen molar-refractivity contribution in [3.63, 3.8) is 0 Å². The Bertz CT molecular complexity index is 524. The molecule has 0 bridgehead atoms. The smallest absolute Gasteiger partial charge is 0.202 e. The van der Waals surface area contributed by atoms with E-state index in [4.69, 9.17) is 27.6 Å². The van der Waals surface area contributed by atoms with Gasteiger partial charge < -0.3 is 9.52 Å². The van der Waals surface area contributed by atoms with E-state index in [-0.39, 0.29) is 33.8 Å². The molecule has 0 unspecified atom stereocenters. The zero-order valence-electron chi connectivity index (χ0n) is 8.61. The summed E-state index contributed by atoms with van der Waals surface area (Å²) in [6.07, 6.45) is 1.55. The highest BCUT2D eigenvalue weighted by atomic mass is 35.5. The summed E-state index contributed by atoms with van der Waals surface area (Å²) >= 11 is 11.5. The molecule has 2 rings (SSSR count). The van der Waals surface area contributed by atoms with Gasteiger partial charge in [-0.2, -0.15) is 0 Å².